The molecule has 2 aromatic rings. The van der Waals surface area contributed by atoms with E-state index in [2.05, 4.69) is 20.2 Å². The third-order valence-corrected chi connectivity index (χ3v) is 4.77. The van der Waals surface area contributed by atoms with Gasteiger partial charge in [0.1, 0.15) is 0 Å². The van der Waals surface area contributed by atoms with E-state index in [9.17, 15) is 9.90 Å². The van der Waals surface area contributed by atoms with E-state index in [0.717, 1.165) is 36.1 Å². The van der Waals surface area contributed by atoms with E-state index in [0.29, 0.717) is 18.4 Å². The lowest BCUT2D eigenvalue weighted by Crippen LogP contribution is -2.53. The number of carbonyl (C=O) groups is 1. The number of nitrogens with zero attached hydrogens (tertiary/aromatic N) is 3. The molecule has 0 spiro atoms. The molecule has 1 aliphatic carbocycles. The van der Waals surface area contributed by atoms with Crippen molar-refractivity contribution in [2.75, 3.05) is 18.0 Å². The van der Waals surface area contributed by atoms with Gasteiger partial charge in [-0.1, -0.05) is 0 Å². The molecule has 0 unspecified atom stereocenters. The van der Waals surface area contributed by atoms with Crippen LogP contribution in [0.2, 0.25) is 0 Å². The topological polar surface area (TPSA) is 78.3 Å². The van der Waals surface area contributed by atoms with Gasteiger partial charge in [-0.25, -0.2) is 0 Å². The number of amides is 1. The van der Waals surface area contributed by atoms with Crippen molar-refractivity contribution in [2.45, 2.75) is 37.8 Å². The minimum atomic E-state index is -0.649. The fourth-order valence-electron chi connectivity index (χ4n) is 3.44. The first kappa shape index (κ1) is 14.4. The number of fused-ring (bicyclic) bond motifs is 1. The molecule has 2 aliphatic rings. The molecule has 0 aromatic carbocycles. The van der Waals surface area contributed by atoms with Crippen LogP contribution < -0.4 is 10.2 Å². The molecule has 0 atom stereocenters. The second kappa shape index (κ2) is 5.16. The molecule has 1 saturated carbocycles. The van der Waals surface area contributed by atoms with Crippen molar-refractivity contribution in [1.29, 1.82) is 0 Å². The minimum Gasteiger partial charge on any atom is -0.390 e. The first-order valence-electron chi connectivity index (χ1n) is 8.04. The average molecular weight is 312 g/mol. The Morgan fingerprint density at radius 1 is 1.39 bits per heavy atom. The van der Waals surface area contributed by atoms with Crippen LogP contribution in [-0.2, 0) is 0 Å². The fraction of sp³-hybridized carbons (Fsp3) is 0.471. The first-order valence-corrected chi connectivity index (χ1v) is 8.04. The molecule has 4 rings (SSSR count). The molecule has 1 amide bonds. The second-order valence-electron chi connectivity index (χ2n) is 6.83. The van der Waals surface area contributed by atoms with Gasteiger partial charge in [-0.05, 0) is 32.3 Å². The number of anilines is 1. The Labute approximate surface area is 134 Å². The molecule has 6 nitrogen and oxygen atoms in total. The van der Waals surface area contributed by atoms with E-state index in [-0.39, 0.29) is 11.9 Å². The molecule has 120 valence electrons. The number of hydrogen-bond acceptors (Lipinski definition) is 5. The van der Waals surface area contributed by atoms with Gasteiger partial charge in [0, 0.05) is 43.1 Å². The normalized spacial score (nSPS) is 26.5. The molecule has 0 bridgehead atoms. The lowest BCUT2D eigenvalue weighted by Gasteiger charge is -2.41. The number of aliphatic hydroxyl groups is 1. The van der Waals surface area contributed by atoms with Crippen molar-refractivity contribution in [3.8, 4) is 0 Å². The fourth-order valence-corrected chi connectivity index (χ4v) is 3.44. The summed E-state index contributed by atoms with van der Waals surface area (Å²) in [6.45, 7) is 3.70. The second-order valence-corrected chi connectivity index (χ2v) is 6.83. The highest BCUT2D eigenvalue weighted by molar-refractivity contribution is 6.07. The molecular weight excluding hydrogens is 292 g/mol. The Morgan fingerprint density at radius 3 is 2.83 bits per heavy atom. The van der Waals surface area contributed by atoms with Crippen LogP contribution in [0.25, 0.3) is 10.9 Å². The molecule has 1 saturated heterocycles. The highest BCUT2D eigenvalue weighted by atomic mass is 16.3. The van der Waals surface area contributed by atoms with E-state index in [1.165, 1.54) is 0 Å². The molecule has 6 heteroatoms. The predicted molar refractivity (Wildman–Crippen MR) is 87.5 cm³/mol. The van der Waals surface area contributed by atoms with Gasteiger partial charge in [-0.2, -0.15) is 0 Å². The maximum Gasteiger partial charge on any atom is 0.255 e. The summed E-state index contributed by atoms with van der Waals surface area (Å²) in [7, 11) is 0. The summed E-state index contributed by atoms with van der Waals surface area (Å²) in [6.07, 6.45) is 7.48. The molecule has 3 heterocycles. The van der Waals surface area contributed by atoms with E-state index < -0.39 is 5.60 Å². The number of nitrogens with one attached hydrogen (secondary N) is 1. The minimum absolute atomic E-state index is 0.0336. The molecule has 1 aliphatic heterocycles. The first-order chi connectivity index (χ1) is 11.0. The SMILES string of the molecule is CC1(O)CC(NC(=O)c2cnc3ccncc3c2N2CCC2)C1. The maximum atomic E-state index is 12.7. The van der Waals surface area contributed by atoms with Crippen LogP contribution in [-0.4, -0.2) is 45.7 Å². The quantitative estimate of drug-likeness (QED) is 0.897. The van der Waals surface area contributed by atoms with Gasteiger partial charge in [0.2, 0.25) is 0 Å². The molecule has 2 fully saturated rings. The van der Waals surface area contributed by atoms with Crippen molar-refractivity contribution >= 4 is 22.5 Å². The summed E-state index contributed by atoms with van der Waals surface area (Å²) in [5.74, 6) is -0.120. The van der Waals surface area contributed by atoms with Crippen LogP contribution in [0.5, 0.6) is 0 Å². The van der Waals surface area contributed by atoms with Gasteiger partial charge in [0.15, 0.2) is 0 Å². The van der Waals surface area contributed by atoms with Gasteiger partial charge < -0.3 is 15.3 Å². The summed E-state index contributed by atoms with van der Waals surface area (Å²) in [5.41, 5.74) is 1.73. The summed E-state index contributed by atoms with van der Waals surface area (Å²) >= 11 is 0. The van der Waals surface area contributed by atoms with Gasteiger partial charge in [0.25, 0.3) is 5.91 Å². The van der Waals surface area contributed by atoms with Gasteiger partial charge in [-0.15, -0.1) is 0 Å². The van der Waals surface area contributed by atoms with E-state index in [4.69, 9.17) is 0 Å². The smallest absolute Gasteiger partial charge is 0.255 e. The van der Waals surface area contributed by atoms with E-state index in [1.807, 2.05) is 6.07 Å². The molecule has 0 radical (unpaired) electrons. The standard InChI is InChI=1S/C17H20N4O2/c1-17(23)7-11(8-17)20-16(22)13-10-19-14-3-4-18-9-12(14)15(13)21-5-2-6-21/h3-4,9-11,23H,2,5-8H2,1H3,(H,20,22). The average Bonchev–Trinajstić information content (AvgIpc) is 2.43. The largest absolute Gasteiger partial charge is 0.390 e. The van der Waals surface area contributed by atoms with Gasteiger partial charge >= 0.3 is 0 Å². The van der Waals surface area contributed by atoms with E-state index in [1.54, 1.807) is 25.5 Å². The van der Waals surface area contributed by atoms with Crippen LogP contribution in [0.15, 0.2) is 24.7 Å². The van der Waals surface area contributed by atoms with Crippen LogP contribution in [0.3, 0.4) is 0 Å². The van der Waals surface area contributed by atoms with Crippen molar-refractivity contribution in [3.05, 3.63) is 30.2 Å². The highest BCUT2D eigenvalue weighted by Crippen LogP contribution is 2.34. The maximum absolute atomic E-state index is 12.7. The van der Waals surface area contributed by atoms with Crippen molar-refractivity contribution < 1.29 is 9.90 Å². The Morgan fingerprint density at radius 2 is 2.17 bits per heavy atom. The summed E-state index contributed by atoms with van der Waals surface area (Å²) in [4.78, 5) is 23.5. The van der Waals surface area contributed by atoms with E-state index >= 15 is 0 Å². The monoisotopic (exact) mass is 312 g/mol. The summed E-state index contributed by atoms with van der Waals surface area (Å²) in [6, 6.07) is 1.90. The Balaban J connectivity index is 1.67. The Bertz CT molecular complexity index is 762. The van der Waals surface area contributed by atoms with Crippen molar-refractivity contribution in [3.63, 3.8) is 0 Å². The summed E-state index contributed by atoms with van der Waals surface area (Å²) < 4.78 is 0. The number of aromatic nitrogens is 2. The van der Waals surface area contributed by atoms with Crippen LogP contribution in [0, 0.1) is 0 Å². The Hall–Kier alpha value is -2.21. The van der Waals surface area contributed by atoms with Gasteiger partial charge in [0.05, 0.1) is 22.4 Å². The number of rotatable bonds is 3. The molecule has 2 N–H and O–H groups in total. The van der Waals surface area contributed by atoms with Crippen molar-refractivity contribution in [2.24, 2.45) is 0 Å². The number of carbonyl (C=O) groups excluding carboxylic acids is 1. The van der Waals surface area contributed by atoms with Crippen LogP contribution in [0.1, 0.15) is 36.5 Å². The predicted octanol–water partition coefficient (Wildman–Crippen LogP) is 1.48. The highest BCUT2D eigenvalue weighted by Gasteiger charge is 2.39. The molecule has 23 heavy (non-hydrogen) atoms. The zero-order valence-electron chi connectivity index (χ0n) is 13.1. The zero-order chi connectivity index (χ0) is 16.0. The lowest BCUT2D eigenvalue weighted by atomic mass is 9.77. The summed E-state index contributed by atoms with van der Waals surface area (Å²) in [5, 5.41) is 13.7. The number of hydrogen-bond donors (Lipinski definition) is 2. The van der Waals surface area contributed by atoms with Gasteiger partial charge in [-0.3, -0.25) is 14.8 Å². The van der Waals surface area contributed by atoms with Crippen LogP contribution >= 0.6 is 0 Å². The van der Waals surface area contributed by atoms with Crippen molar-refractivity contribution in [1.82, 2.24) is 15.3 Å². The third-order valence-electron chi connectivity index (χ3n) is 4.77. The van der Waals surface area contributed by atoms with Crippen LogP contribution in [0.4, 0.5) is 5.69 Å². The zero-order valence-corrected chi connectivity index (χ0v) is 13.1. The lowest BCUT2D eigenvalue weighted by molar-refractivity contribution is -0.0366. The molecular formula is C17H20N4O2. The number of pyridine rings is 2. The Kier molecular flexibility index (Phi) is 3.23. The molecule has 2 aromatic heterocycles. The third kappa shape index (κ3) is 2.53.